The first kappa shape index (κ1) is 14.8. The molecular weight excluding hydrogens is 312 g/mol. The second-order valence-electron chi connectivity index (χ2n) is 7.19. The van der Waals surface area contributed by atoms with E-state index in [-0.39, 0.29) is 5.91 Å². The zero-order valence-corrected chi connectivity index (χ0v) is 14.5. The van der Waals surface area contributed by atoms with E-state index >= 15 is 0 Å². The van der Waals surface area contributed by atoms with Crippen molar-refractivity contribution in [3.8, 4) is 0 Å². The largest absolute Gasteiger partial charge is 0.348 e. The fourth-order valence-corrected chi connectivity index (χ4v) is 4.45. The topological polar surface area (TPSA) is 53.9 Å². The van der Waals surface area contributed by atoms with Crippen molar-refractivity contribution < 1.29 is 4.79 Å². The first-order valence-corrected chi connectivity index (χ1v) is 9.15. The van der Waals surface area contributed by atoms with E-state index in [0.29, 0.717) is 6.54 Å². The molecule has 2 aromatic heterocycles. The maximum atomic E-state index is 13.3. The molecule has 1 aromatic carbocycles. The highest BCUT2D eigenvalue weighted by Gasteiger charge is 2.32. The van der Waals surface area contributed by atoms with Crippen molar-refractivity contribution in [2.75, 3.05) is 6.54 Å². The number of nitrogens with one attached hydrogen (secondary N) is 1. The summed E-state index contributed by atoms with van der Waals surface area (Å²) in [4.78, 5) is 22.7. The summed E-state index contributed by atoms with van der Waals surface area (Å²) in [6.45, 7) is 4.39. The van der Waals surface area contributed by atoms with Crippen molar-refractivity contribution in [2.24, 2.45) is 0 Å². The second-order valence-corrected chi connectivity index (χ2v) is 7.19. The molecule has 128 valence electrons. The van der Waals surface area contributed by atoms with Gasteiger partial charge in [-0.15, -0.1) is 0 Å². The zero-order valence-electron chi connectivity index (χ0n) is 14.5. The van der Waals surface area contributed by atoms with Crippen LogP contribution >= 0.6 is 0 Å². The molecule has 0 fully saturated rings. The number of rotatable bonds is 2. The second kappa shape index (κ2) is 5.48. The third-order valence-electron chi connectivity index (χ3n) is 5.75. The molecule has 2 aliphatic heterocycles. The van der Waals surface area contributed by atoms with Crippen LogP contribution in [0.5, 0.6) is 0 Å². The van der Waals surface area contributed by atoms with Gasteiger partial charge < -0.3 is 14.5 Å². The van der Waals surface area contributed by atoms with E-state index in [4.69, 9.17) is 0 Å². The Balaban J connectivity index is 1.62. The molecule has 5 nitrogen and oxygen atoms in total. The third kappa shape index (κ3) is 2.15. The number of hydrogen-bond donors (Lipinski definition) is 1. The predicted octanol–water partition coefficient (Wildman–Crippen LogP) is 3.21. The number of amides is 1. The van der Waals surface area contributed by atoms with Gasteiger partial charge in [0.1, 0.15) is 0 Å². The van der Waals surface area contributed by atoms with Gasteiger partial charge in [0.05, 0.1) is 29.6 Å². The van der Waals surface area contributed by atoms with E-state index in [1.165, 1.54) is 29.6 Å². The number of H-pyrrole nitrogens is 1. The molecule has 1 N–H and O–H groups in total. The Morgan fingerprint density at radius 1 is 1.20 bits per heavy atom. The van der Waals surface area contributed by atoms with E-state index in [1.807, 2.05) is 11.8 Å². The molecule has 0 aliphatic carbocycles. The first-order chi connectivity index (χ1) is 12.2. The van der Waals surface area contributed by atoms with E-state index in [1.54, 1.807) is 6.33 Å². The monoisotopic (exact) mass is 334 g/mol. The minimum atomic E-state index is 0.158. The first-order valence-electron chi connectivity index (χ1n) is 9.15. The third-order valence-corrected chi connectivity index (χ3v) is 5.75. The van der Waals surface area contributed by atoms with Crippen LogP contribution in [0, 0.1) is 6.92 Å². The Morgan fingerprint density at radius 3 is 2.96 bits per heavy atom. The van der Waals surface area contributed by atoms with E-state index in [0.717, 1.165) is 48.3 Å². The smallest absolute Gasteiger partial charge is 0.256 e. The van der Waals surface area contributed by atoms with Crippen LogP contribution in [0.25, 0.3) is 10.9 Å². The molecule has 0 spiro atoms. The summed E-state index contributed by atoms with van der Waals surface area (Å²) >= 11 is 0. The summed E-state index contributed by atoms with van der Waals surface area (Å²) in [5.41, 5.74) is 6.87. The fourth-order valence-electron chi connectivity index (χ4n) is 4.45. The average Bonchev–Trinajstić information content (AvgIpc) is 3.07. The van der Waals surface area contributed by atoms with Gasteiger partial charge in [-0.25, -0.2) is 4.98 Å². The Hall–Kier alpha value is -2.56. The average molecular weight is 334 g/mol. The lowest BCUT2D eigenvalue weighted by Crippen LogP contribution is -2.37. The van der Waals surface area contributed by atoms with Gasteiger partial charge in [-0.2, -0.15) is 0 Å². The van der Waals surface area contributed by atoms with Gasteiger partial charge in [-0.1, -0.05) is 18.2 Å². The molecule has 5 rings (SSSR count). The van der Waals surface area contributed by atoms with Gasteiger partial charge in [0.25, 0.3) is 5.91 Å². The Morgan fingerprint density at radius 2 is 2.12 bits per heavy atom. The highest BCUT2D eigenvalue weighted by atomic mass is 16.2. The van der Waals surface area contributed by atoms with Gasteiger partial charge >= 0.3 is 0 Å². The quantitative estimate of drug-likeness (QED) is 0.782. The summed E-state index contributed by atoms with van der Waals surface area (Å²) in [5.74, 6) is 0.158. The SMILES string of the molecule is Cc1[nH]cnc1CN1CCc2c(c3cccc4c3n2CCCC4)C1=O. The highest BCUT2D eigenvalue weighted by molar-refractivity contribution is 6.09. The van der Waals surface area contributed by atoms with Crippen LogP contribution < -0.4 is 0 Å². The molecule has 0 atom stereocenters. The van der Waals surface area contributed by atoms with Crippen LogP contribution in [-0.2, 0) is 25.9 Å². The number of benzene rings is 1. The number of hydrogen-bond acceptors (Lipinski definition) is 2. The standard InChI is InChI=1S/C20H22N4O/c1-13-16(22-12-21-13)11-23-10-8-17-18(20(23)25)15-7-4-6-14-5-2-3-9-24(17)19(14)15/h4,6-7,12H,2-3,5,8-11H2,1H3,(H,21,22). The number of para-hydroxylation sites is 1. The lowest BCUT2D eigenvalue weighted by molar-refractivity contribution is 0.0725. The van der Waals surface area contributed by atoms with Crippen LogP contribution in [0.1, 0.15) is 45.8 Å². The maximum absolute atomic E-state index is 13.3. The summed E-state index contributed by atoms with van der Waals surface area (Å²) in [6.07, 6.45) is 6.17. The minimum absolute atomic E-state index is 0.158. The summed E-state index contributed by atoms with van der Waals surface area (Å²) in [7, 11) is 0. The Kier molecular flexibility index (Phi) is 3.23. The Labute approximate surface area is 146 Å². The molecule has 0 saturated heterocycles. The zero-order chi connectivity index (χ0) is 17.0. The van der Waals surface area contributed by atoms with Crippen LogP contribution in [0.15, 0.2) is 24.5 Å². The molecule has 25 heavy (non-hydrogen) atoms. The predicted molar refractivity (Wildman–Crippen MR) is 96.6 cm³/mol. The van der Waals surface area contributed by atoms with Gasteiger partial charge in [0.15, 0.2) is 0 Å². The molecule has 1 amide bonds. The summed E-state index contributed by atoms with van der Waals surface area (Å²) < 4.78 is 2.43. The number of carbonyl (C=O) groups excluding carboxylic acids is 1. The maximum Gasteiger partial charge on any atom is 0.256 e. The van der Waals surface area contributed by atoms with Crippen LogP contribution in [-0.4, -0.2) is 31.9 Å². The van der Waals surface area contributed by atoms with E-state index < -0.39 is 0 Å². The lowest BCUT2D eigenvalue weighted by atomic mass is 10.00. The van der Waals surface area contributed by atoms with Gasteiger partial charge in [0, 0.05) is 36.3 Å². The Bertz CT molecular complexity index is 981. The molecular formula is C20H22N4O. The van der Waals surface area contributed by atoms with Crippen molar-refractivity contribution in [3.05, 3.63) is 52.7 Å². The number of carbonyl (C=O) groups is 1. The van der Waals surface area contributed by atoms with Crippen LogP contribution in [0.4, 0.5) is 0 Å². The highest BCUT2D eigenvalue weighted by Crippen LogP contribution is 2.35. The van der Waals surface area contributed by atoms with Crippen molar-refractivity contribution in [3.63, 3.8) is 0 Å². The molecule has 0 unspecified atom stereocenters. The van der Waals surface area contributed by atoms with Crippen molar-refractivity contribution in [2.45, 2.75) is 45.7 Å². The number of imidazole rings is 1. The van der Waals surface area contributed by atoms with Crippen LogP contribution in [0.3, 0.4) is 0 Å². The van der Waals surface area contributed by atoms with Gasteiger partial charge in [-0.05, 0) is 31.7 Å². The number of nitrogens with zero attached hydrogens (tertiary/aromatic N) is 3. The molecule has 4 heterocycles. The van der Waals surface area contributed by atoms with Gasteiger partial charge in [0.2, 0.25) is 0 Å². The number of aromatic amines is 1. The molecule has 0 radical (unpaired) electrons. The van der Waals surface area contributed by atoms with Crippen molar-refractivity contribution in [1.82, 2.24) is 19.4 Å². The van der Waals surface area contributed by atoms with Crippen LogP contribution in [0.2, 0.25) is 0 Å². The normalized spacial score (nSPS) is 17.0. The fraction of sp³-hybridized carbons (Fsp3) is 0.400. The van der Waals surface area contributed by atoms with Gasteiger partial charge in [-0.3, -0.25) is 4.79 Å². The summed E-state index contributed by atoms with van der Waals surface area (Å²) in [5, 5.41) is 1.14. The number of fused-ring (bicyclic) bond motifs is 3. The molecule has 5 heteroatoms. The molecule has 2 aliphatic rings. The number of aromatic nitrogens is 3. The van der Waals surface area contributed by atoms with Crippen molar-refractivity contribution >= 4 is 16.8 Å². The van der Waals surface area contributed by atoms with E-state index in [2.05, 4.69) is 32.7 Å². The summed E-state index contributed by atoms with van der Waals surface area (Å²) in [6, 6.07) is 6.46. The number of aryl methyl sites for hydroxylation is 3. The van der Waals surface area contributed by atoms with Crippen molar-refractivity contribution in [1.29, 1.82) is 0 Å². The molecule has 3 aromatic rings. The lowest BCUT2D eigenvalue weighted by Gasteiger charge is -2.27. The van der Waals surface area contributed by atoms with E-state index in [9.17, 15) is 4.79 Å². The molecule has 0 saturated carbocycles. The molecule has 0 bridgehead atoms. The minimum Gasteiger partial charge on any atom is -0.348 e.